The minimum absolute atomic E-state index is 0.417. The van der Waals surface area contributed by atoms with E-state index in [1.165, 1.54) is 0 Å². The Morgan fingerprint density at radius 1 is 1.57 bits per heavy atom. The highest BCUT2D eigenvalue weighted by Gasteiger charge is 2.26. The first-order valence-electron chi connectivity index (χ1n) is 4.92. The Morgan fingerprint density at radius 2 is 2.36 bits per heavy atom. The topological polar surface area (TPSA) is 49.7 Å². The van der Waals surface area contributed by atoms with Crippen LogP contribution in [0.5, 0.6) is 0 Å². The molecular weight excluding hydrogens is 198 g/mol. The van der Waals surface area contributed by atoms with Crippen molar-refractivity contribution in [3.63, 3.8) is 0 Å². The average Bonchev–Trinajstić information content (AvgIpc) is 2.71. The minimum atomic E-state index is 0.417. The van der Waals surface area contributed by atoms with E-state index < -0.39 is 0 Å². The largest absolute Gasteiger partial charge is 0.299 e. The molecule has 2 heterocycles. The first-order chi connectivity index (χ1) is 6.68. The number of hydrogen-bond acceptors (Lipinski definition) is 4. The molecule has 0 spiro atoms. The molecule has 1 aliphatic heterocycles. The van der Waals surface area contributed by atoms with Crippen molar-refractivity contribution in [2.75, 3.05) is 13.1 Å². The minimum Gasteiger partial charge on any atom is -0.299 e. The van der Waals surface area contributed by atoms with Gasteiger partial charge in [-0.15, -0.1) is 0 Å². The van der Waals surface area contributed by atoms with Gasteiger partial charge in [0.15, 0.2) is 0 Å². The van der Waals surface area contributed by atoms with Crippen LogP contribution in [0.15, 0.2) is 0 Å². The van der Waals surface area contributed by atoms with E-state index >= 15 is 0 Å². The number of tetrazole rings is 1. The summed E-state index contributed by atoms with van der Waals surface area (Å²) in [5, 5.41) is 10.3. The molecule has 1 atom stereocenters. The maximum atomic E-state index is 5.07. The molecule has 0 aliphatic carbocycles. The predicted molar refractivity (Wildman–Crippen MR) is 55.6 cm³/mol. The molecule has 2 rings (SSSR count). The van der Waals surface area contributed by atoms with Crippen LogP contribution in [0.1, 0.15) is 26.3 Å². The molecule has 0 bridgehead atoms. The second-order valence-corrected chi connectivity index (χ2v) is 4.35. The number of nitrogens with one attached hydrogen (secondary N) is 1. The van der Waals surface area contributed by atoms with Gasteiger partial charge >= 0.3 is 0 Å². The van der Waals surface area contributed by atoms with Crippen LogP contribution in [0.3, 0.4) is 0 Å². The number of nitrogens with zero attached hydrogens (tertiary/aromatic N) is 4. The standard InChI is InChI=1S/C8H15N5S/c1-6(2)12-4-3-7(5-12)13-8(14)9-10-11-13/h6-7H,3-5H2,1-2H3,(H,9,11,14). The second-order valence-electron chi connectivity index (χ2n) is 3.98. The van der Waals surface area contributed by atoms with Crippen molar-refractivity contribution in [1.29, 1.82) is 0 Å². The lowest BCUT2D eigenvalue weighted by Crippen LogP contribution is -2.28. The Labute approximate surface area is 88.1 Å². The summed E-state index contributed by atoms with van der Waals surface area (Å²) in [6.07, 6.45) is 1.12. The molecule has 14 heavy (non-hydrogen) atoms. The van der Waals surface area contributed by atoms with Gasteiger partial charge in [-0.25, -0.2) is 4.68 Å². The lowest BCUT2D eigenvalue weighted by atomic mass is 10.3. The van der Waals surface area contributed by atoms with Gasteiger partial charge in [-0.1, -0.05) is 10.3 Å². The van der Waals surface area contributed by atoms with Crippen LogP contribution < -0.4 is 0 Å². The molecule has 1 unspecified atom stereocenters. The van der Waals surface area contributed by atoms with Crippen molar-refractivity contribution in [1.82, 2.24) is 25.1 Å². The summed E-state index contributed by atoms with van der Waals surface area (Å²) >= 11 is 5.07. The molecule has 0 amide bonds. The molecule has 0 saturated carbocycles. The molecular formula is C8H15N5S. The lowest BCUT2D eigenvalue weighted by molar-refractivity contribution is 0.261. The van der Waals surface area contributed by atoms with Gasteiger partial charge in [-0.05, 0) is 32.5 Å². The highest BCUT2D eigenvalue weighted by Crippen LogP contribution is 2.21. The van der Waals surface area contributed by atoms with Gasteiger partial charge in [-0.2, -0.15) is 5.21 Å². The van der Waals surface area contributed by atoms with E-state index in [1.807, 2.05) is 4.68 Å². The van der Waals surface area contributed by atoms with Crippen LogP contribution in [-0.2, 0) is 0 Å². The highest BCUT2D eigenvalue weighted by molar-refractivity contribution is 7.71. The molecule has 1 aromatic rings. The van der Waals surface area contributed by atoms with Gasteiger partial charge in [0.25, 0.3) is 0 Å². The molecule has 1 fully saturated rings. The summed E-state index contributed by atoms with van der Waals surface area (Å²) in [6.45, 7) is 6.60. The van der Waals surface area contributed by atoms with E-state index in [2.05, 4.69) is 34.3 Å². The van der Waals surface area contributed by atoms with E-state index in [-0.39, 0.29) is 0 Å². The Morgan fingerprint density at radius 3 is 2.86 bits per heavy atom. The fourth-order valence-corrected chi connectivity index (χ4v) is 2.12. The Balaban J connectivity index is 2.10. The van der Waals surface area contributed by atoms with Crippen molar-refractivity contribution in [2.24, 2.45) is 0 Å². The number of H-pyrrole nitrogens is 1. The number of aromatic amines is 1. The fourth-order valence-electron chi connectivity index (χ4n) is 1.89. The normalized spacial score (nSPS) is 23.5. The van der Waals surface area contributed by atoms with E-state index in [1.54, 1.807) is 0 Å². The first-order valence-corrected chi connectivity index (χ1v) is 5.33. The summed E-state index contributed by atoms with van der Waals surface area (Å²) in [5.41, 5.74) is 0. The Bertz CT molecular complexity index is 355. The molecule has 6 heteroatoms. The quantitative estimate of drug-likeness (QED) is 0.744. The van der Waals surface area contributed by atoms with Crippen LogP contribution in [0.4, 0.5) is 0 Å². The molecule has 1 saturated heterocycles. The Kier molecular flexibility index (Phi) is 2.64. The molecule has 78 valence electrons. The zero-order valence-corrected chi connectivity index (χ0v) is 9.29. The van der Waals surface area contributed by atoms with E-state index in [4.69, 9.17) is 12.2 Å². The van der Waals surface area contributed by atoms with Gasteiger partial charge in [0.05, 0.1) is 6.04 Å². The van der Waals surface area contributed by atoms with E-state index in [9.17, 15) is 0 Å². The molecule has 0 aromatic carbocycles. The predicted octanol–water partition coefficient (Wildman–Crippen LogP) is 0.991. The second kappa shape index (κ2) is 3.78. The van der Waals surface area contributed by atoms with Gasteiger partial charge < -0.3 is 0 Å². The zero-order valence-electron chi connectivity index (χ0n) is 8.47. The van der Waals surface area contributed by atoms with Gasteiger partial charge in [-0.3, -0.25) is 4.90 Å². The van der Waals surface area contributed by atoms with Crippen molar-refractivity contribution in [3.05, 3.63) is 4.77 Å². The molecule has 1 N–H and O–H groups in total. The number of rotatable bonds is 2. The van der Waals surface area contributed by atoms with Crippen molar-refractivity contribution in [2.45, 2.75) is 32.4 Å². The van der Waals surface area contributed by atoms with Crippen LogP contribution in [-0.4, -0.2) is 44.2 Å². The van der Waals surface area contributed by atoms with Crippen LogP contribution in [0, 0.1) is 4.77 Å². The number of hydrogen-bond donors (Lipinski definition) is 1. The smallest absolute Gasteiger partial charge is 0.238 e. The van der Waals surface area contributed by atoms with Crippen LogP contribution in [0.25, 0.3) is 0 Å². The molecule has 0 radical (unpaired) electrons. The first kappa shape index (κ1) is 9.79. The van der Waals surface area contributed by atoms with Crippen LogP contribution >= 0.6 is 12.2 Å². The maximum Gasteiger partial charge on any atom is 0.238 e. The maximum absolute atomic E-state index is 5.07. The third kappa shape index (κ3) is 1.72. The van der Waals surface area contributed by atoms with E-state index in [0.717, 1.165) is 19.5 Å². The zero-order chi connectivity index (χ0) is 10.1. The summed E-state index contributed by atoms with van der Waals surface area (Å²) in [6, 6.07) is 1.02. The van der Waals surface area contributed by atoms with Gasteiger partial charge in [0, 0.05) is 19.1 Å². The summed E-state index contributed by atoms with van der Waals surface area (Å²) < 4.78 is 2.44. The number of likely N-dealkylation sites (tertiary alicyclic amines) is 1. The Hall–Kier alpha value is -0.750. The monoisotopic (exact) mass is 213 g/mol. The average molecular weight is 213 g/mol. The number of aromatic nitrogens is 4. The van der Waals surface area contributed by atoms with Gasteiger partial charge in [0.2, 0.25) is 4.77 Å². The van der Waals surface area contributed by atoms with Crippen LogP contribution in [0.2, 0.25) is 0 Å². The summed E-state index contributed by atoms with van der Waals surface area (Å²) in [7, 11) is 0. The lowest BCUT2D eigenvalue weighted by Gasteiger charge is -2.19. The third-order valence-corrected chi connectivity index (χ3v) is 3.06. The van der Waals surface area contributed by atoms with Crippen molar-refractivity contribution in [3.8, 4) is 0 Å². The van der Waals surface area contributed by atoms with Crippen molar-refractivity contribution < 1.29 is 0 Å². The van der Waals surface area contributed by atoms with Crippen molar-refractivity contribution >= 4 is 12.2 Å². The fraction of sp³-hybridized carbons (Fsp3) is 0.875. The third-order valence-electron chi connectivity index (χ3n) is 2.78. The van der Waals surface area contributed by atoms with E-state index in [0.29, 0.717) is 16.9 Å². The molecule has 1 aliphatic rings. The summed E-state index contributed by atoms with van der Waals surface area (Å²) in [5.74, 6) is 0. The SMILES string of the molecule is CC(C)N1CCC(n2[nH]nnc2=S)C1. The molecule has 1 aromatic heterocycles. The van der Waals surface area contributed by atoms with Gasteiger partial charge in [0.1, 0.15) is 0 Å². The summed E-state index contributed by atoms with van der Waals surface area (Å²) in [4.78, 5) is 2.44. The highest BCUT2D eigenvalue weighted by atomic mass is 32.1. The molecule has 5 nitrogen and oxygen atoms in total.